The number of nitrogens with zero attached hydrogens (tertiary/aromatic N) is 5. The highest BCUT2D eigenvalue weighted by Crippen LogP contribution is 2.60. The molecule has 2 saturated heterocycles. The Balaban J connectivity index is 0.00000184. The molecule has 5 aliphatic carbocycles. The van der Waals surface area contributed by atoms with Crippen molar-refractivity contribution < 1.29 is 19.1 Å². The van der Waals surface area contributed by atoms with Crippen molar-refractivity contribution in [3.05, 3.63) is 5.82 Å². The van der Waals surface area contributed by atoms with Crippen LogP contribution in [-0.4, -0.2) is 82.0 Å². The number of rotatable bonds is 8. The molecule has 7 fully saturated rings. The molecule has 0 radical (unpaired) electrons. The Morgan fingerprint density at radius 1 is 0.884 bits per heavy atom. The van der Waals surface area contributed by atoms with Crippen LogP contribution in [0.5, 0.6) is 0 Å². The third kappa shape index (κ3) is 6.45. The van der Waals surface area contributed by atoms with Gasteiger partial charge in [0.05, 0.1) is 19.3 Å². The number of fused-ring (bicyclic) bond motifs is 1. The smallest absolute Gasteiger partial charge is 0.323 e. The van der Waals surface area contributed by atoms with E-state index in [0.717, 1.165) is 68.9 Å². The van der Waals surface area contributed by atoms with Gasteiger partial charge in [-0.05, 0) is 132 Å². The molecule has 2 aliphatic heterocycles. The maximum absolute atomic E-state index is 13.1. The molecule has 1 N–H and O–H groups in total. The minimum absolute atomic E-state index is 0. The van der Waals surface area contributed by atoms with E-state index in [1.807, 2.05) is 18.6 Å². The van der Waals surface area contributed by atoms with Crippen LogP contribution in [0.1, 0.15) is 96.3 Å². The average molecular weight is 642 g/mol. The first-order valence-corrected chi connectivity index (χ1v) is 16.5. The first-order chi connectivity index (χ1) is 19.9. The maximum atomic E-state index is 13.1. The zero-order chi connectivity index (χ0) is 28.1. The lowest BCUT2D eigenvalue weighted by molar-refractivity contribution is -0.149. The number of tetrazole rings is 1. The van der Waals surface area contributed by atoms with E-state index in [1.165, 1.54) is 38.5 Å². The second kappa shape index (κ2) is 13.5. The van der Waals surface area contributed by atoms with Crippen LogP contribution in [0.4, 0.5) is 0 Å². The van der Waals surface area contributed by atoms with Crippen LogP contribution < -0.4 is 5.32 Å². The van der Waals surface area contributed by atoms with Gasteiger partial charge in [0.25, 0.3) is 0 Å². The topological polar surface area (TPSA) is 111 Å². The van der Waals surface area contributed by atoms with Gasteiger partial charge in [-0.15, -0.1) is 35.0 Å². The van der Waals surface area contributed by atoms with Gasteiger partial charge in [-0.2, -0.15) is 4.80 Å². The third-order valence-electron chi connectivity index (χ3n) is 11.7. The number of nitrogens with one attached hydrogen (secondary N) is 1. The molecular weight excluding hydrogens is 591 g/mol. The fourth-order valence-corrected chi connectivity index (χ4v) is 10.3. The minimum atomic E-state index is -0.271. The molecule has 5 saturated carbocycles. The highest BCUT2D eigenvalue weighted by molar-refractivity contribution is 5.85. The second-order valence-electron chi connectivity index (χ2n) is 14.4. The summed E-state index contributed by atoms with van der Waals surface area (Å²) < 4.78 is 10.8. The number of halogens is 2. The summed E-state index contributed by atoms with van der Waals surface area (Å²) in [5, 5.41) is 17.8. The molecule has 0 unspecified atom stereocenters. The second-order valence-corrected chi connectivity index (χ2v) is 14.4. The van der Waals surface area contributed by atoms with Gasteiger partial charge in [0.15, 0.2) is 5.82 Å². The molecule has 1 aromatic heterocycles. The van der Waals surface area contributed by atoms with Gasteiger partial charge in [-0.1, -0.05) is 0 Å². The highest BCUT2D eigenvalue weighted by Gasteiger charge is 2.54. The van der Waals surface area contributed by atoms with Crippen molar-refractivity contribution >= 4 is 36.8 Å². The first-order valence-electron chi connectivity index (χ1n) is 16.5. The summed E-state index contributed by atoms with van der Waals surface area (Å²) in [6.45, 7) is 7.06. The van der Waals surface area contributed by atoms with Crippen LogP contribution in [0.15, 0.2) is 0 Å². The van der Waals surface area contributed by atoms with Gasteiger partial charge in [0.2, 0.25) is 0 Å². The summed E-state index contributed by atoms with van der Waals surface area (Å²) in [7, 11) is 0. The number of ether oxygens (including phenoxy) is 2. The van der Waals surface area contributed by atoms with E-state index in [9.17, 15) is 9.59 Å². The Labute approximate surface area is 267 Å². The first kappa shape index (κ1) is 32.9. The summed E-state index contributed by atoms with van der Waals surface area (Å²) in [4.78, 5) is 29.7. The SMILES string of the molecule is CCOC(=O)[C@@H]1C[C@H]2C[C@@H](CN3C[C@@H](n4nnc(C56CC7CC(CC(C7)C5)C6)n4)C[C@H]3C(=O)OCC)CC[C@H]2CN1.Cl.Cl. The summed E-state index contributed by atoms with van der Waals surface area (Å²) in [6.07, 6.45) is 12.8. The molecule has 7 aliphatic rings. The predicted octanol–water partition coefficient (Wildman–Crippen LogP) is 4.12. The van der Waals surface area contributed by atoms with Crippen molar-refractivity contribution in [2.75, 3.05) is 32.8 Å². The van der Waals surface area contributed by atoms with Crippen LogP contribution in [0.3, 0.4) is 0 Å². The third-order valence-corrected chi connectivity index (χ3v) is 11.7. The number of esters is 2. The molecule has 3 heterocycles. The Kier molecular flexibility index (Phi) is 10.3. The summed E-state index contributed by atoms with van der Waals surface area (Å²) in [5.74, 6) is 4.86. The fourth-order valence-electron chi connectivity index (χ4n) is 10.3. The molecule has 10 nitrogen and oxygen atoms in total. The van der Waals surface area contributed by atoms with Crippen molar-refractivity contribution in [3.63, 3.8) is 0 Å². The lowest BCUT2D eigenvalue weighted by atomic mass is 9.49. The molecule has 6 atom stereocenters. The van der Waals surface area contributed by atoms with Crippen LogP contribution >= 0.6 is 24.8 Å². The van der Waals surface area contributed by atoms with E-state index in [1.54, 1.807) is 0 Å². The summed E-state index contributed by atoms with van der Waals surface area (Å²) in [5.41, 5.74) is 0.126. The zero-order valence-corrected chi connectivity index (χ0v) is 27.3. The monoisotopic (exact) mass is 640 g/mol. The highest BCUT2D eigenvalue weighted by atomic mass is 35.5. The average Bonchev–Trinajstić information content (AvgIpc) is 3.61. The molecule has 0 aromatic carbocycles. The van der Waals surface area contributed by atoms with Gasteiger partial charge in [-0.3, -0.25) is 14.5 Å². The van der Waals surface area contributed by atoms with Crippen molar-refractivity contribution in [1.29, 1.82) is 0 Å². The van der Waals surface area contributed by atoms with E-state index in [0.29, 0.717) is 37.4 Å². The lowest BCUT2D eigenvalue weighted by Crippen LogP contribution is -2.51. The Morgan fingerprint density at radius 3 is 2.23 bits per heavy atom. The van der Waals surface area contributed by atoms with Gasteiger partial charge >= 0.3 is 11.9 Å². The molecule has 43 heavy (non-hydrogen) atoms. The number of carbonyl (C=O) groups is 2. The van der Waals surface area contributed by atoms with Gasteiger partial charge < -0.3 is 14.8 Å². The van der Waals surface area contributed by atoms with E-state index < -0.39 is 0 Å². The Morgan fingerprint density at radius 2 is 1.56 bits per heavy atom. The quantitative estimate of drug-likeness (QED) is 0.419. The molecule has 0 spiro atoms. The van der Waals surface area contributed by atoms with E-state index in [4.69, 9.17) is 19.7 Å². The normalized spacial score (nSPS) is 39.8. The number of hydrogen-bond acceptors (Lipinski definition) is 9. The lowest BCUT2D eigenvalue weighted by Gasteiger charge is -2.55. The van der Waals surface area contributed by atoms with Crippen molar-refractivity contribution in [1.82, 2.24) is 30.4 Å². The van der Waals surface area contributed by atoms with Gasteiger partial charge in [0.1, 0.15) is 12.1 Å². The van der Waals surface area contributed by atoms with Crippen LogP contribution in [0, 0.1) is 35.5 Å². The van der Waals surface area contributed by atoms with E-state index >= 15 is 0 Å². The molecule has 4 bridgehead atoms. The number of aromatic nitrogens is 4. The molecule has 12 heteroatoms. The minimum Gasteiger partial charge on any atom is -0.465 e. The molecule has 0 amide bonds. The zero-order valence-electron chi connectivity index (χ0n) is 25.7. The van der Waals surface area contributed by atoms with Gasteiger partial charge in [0, 0.05) is 18.5 Å². The van der Waals surface area contributed by atoms with Crippen molar-refractivity contribution in [3.8, 4) is 0 Å². The molecule has 8 rings (SSSR count). The van der Waals surface area contributed by atoms with Crippen LogP contribution in [0.25, 0.3) is 0 Å². The van der Waals surface area contributed by atoms with Gasteiger partial charge in [-0.25, -0.2) is 0 Å². The molecule has 1 aromatic rings. The Hall–Kier alpha value is -1.49. The van der Waals surface area contributed by atoms with Crippen LogP contribution in [0.2, 0.25) is 0 Å². The number of carbonyl (C=O) groups excluding carboxylic acids is 2. The largest absolute Gasteiger partial charge is 0.465 e. The number of likely N-dealkylation sites (tertiary alicyclic amines) is 1. The number of piperidine rings is 1. The molecule has 242 valence electrons. The van der Waals surface area contributed by atoms with E-state index in [2.05, 4.69) is 15.4 Å². The summed E-state index contributed by atoms with van der Waals surface area (Å²) in [6, 6.07) is -0.435. The van der Waals surface area contributed by atoms with Crippen molar-refractivity contribution in [2.45, 2.75) is 108 Å². The summed E-state index contributed by atoms with van der Waals surface area (Å²) >= 11 is 0. The predicted molar refractivity (Wildman–Crippen MR) is 165 cm³/mol. The maximum Gasteiger partial charge on any atom is 0.323 e. The Bertz CT molecular complexity index is 1100. The van der Waals surface area contributed by atoms with Crippen molar-refractivity contribution in [2.24, 2.45) is 35.5 Å². The fraction of sp³-hybridized carbons (Fsp3) is 0.903. The van der Waals surface area contributed by atoms with E-state index in [-0.39, 0.29) is 60.3 Å². The van der Waals surface area contributed by atoms with Crippen LogP contribution in [-0.2, 0) is 24.5 Å². The standard InChI is InChI=1S/C31H48N6O4.2ClH/c1-3-40-28(38)26-11-24-10-19(5-6-23(24)16-32-26)17-36-18-25(12-27(36)29(39)41-4-2)37-34-30(33-35-37)31-13-20-7-21(14-31)9-22(8-20)15-31;;/h19-27,32H,3-18H2,1-2H3;2*1H/t19-,20?,21?,22?,23-,24+,25-,26-,27-,31?;;/m0../s1. The molecular formula is C31H50Cl2N6O4. The number of hydrogen-bond donors (Lipinski definition) is 1.